The van der Waals surface area contributed by atoms with Gasteiger partial charge in [-0.05, 0) is 45.2 Å². The molecular formula is C16H23NO3. The summed E-state index contributed by atoms with van der Waals surface area (Å²) in [4.78, 5) is 14.0. The van der Waals surface area contributed by atoms with Crippen molar-refractivity contribution in [2.75, 3.05) is 13.2 Å². The monoisotopic (exact) mass is 277 g/mol. The number of likely N-dealkylation sites (tertiary alicyclic amines) is 1. The molecule has 0 bridgehead atoms. The van der Waals surface area contributed by atoms with E-state index in [0.29, 0.717) is 12.3 Å². The van der Waals surface area contributed by atoms with Gasteiger partial charge in [0, 0.05) is 6.54 Å². The number of piperidine rings is 1. The summed E-state index contributed by atoms with van der Waals surface area (Å²) in [5.41, 5.74) is 1.16. The number of hydrogen-bond donors (Lipinski definition) is 1. The minimum Gasteiger partial charge on any atom is -0.484 e. The van der Waals surface area contributed by atoms with Gasteiger partial charge in [-0.25, -0.2) is 0 Å². The zero-order valence-electron chi connectivity index (χ0n) is 12.2. The van der Waals surface area contributed by atoms with E-state index in [-0.39, 0.29) is 18.6 Å². The molecule has 1 fully saturated rings. The van der Waals surface area contributed by atoms with Gasteiger partial charge in [0.05, 0.1) is 12.1 Å². The third-order valence-electron chi connectivity index (χ3n) is 3.81. The van der Waals surface area contributed by atoms with E-state index < -0.39 is 6.10 Å². The van der Waals surface area contributed by atoms with Gasteiger partial charge in [-0.2, -0.15) is 0 Å². The van der Waals surface area contributed by atoms with Crippen LogP contribution in [0.1, 0.15) is 31.7 Å². The largest absolute Gasteiger partial charge is 0.484 e. The summed E-state index contributed by atoms with van der Waals surface area (Å²) in [6.07, 6.45) is 2.45. The molecule has 1 saturated heterocycles. The highest BCUT2D eigenvalue weighted by Gasteiger charge is 2.29. The van der Waals surface area contributed by atoms with Crippen molar-refractivity contribution < 1.29 is 14.6 Å². The third kappa shape index (κ3) is 3.73. The van der Waals surface area contributed by atoms with Crippen molar-refractivity contribution >= 4 is 5.91 Å². The highest BCUT2D eigenvalue weighted by molar-refractivity contribution is 5.78. The van der Waals surface area contributed by atoms with Crippen LogP contribution in [0, 0.1) is 6.92 Å². The van der Waals surface area contributed by atoms with Crippen LogP contribution in [0.4, 0.5) is 0 Å². The van der Waals surface area contributed by atoms with E-state index in [9.17, 15) is 9.90 Å². The summed E-state index contributed by atoms with van der Waals surface area (Å²) >= 11 is 0. The molecule has 0 spiro atoms. The van der Waals surface area contributed by atoms with Gasteiger partial charge in [-0.15, -0.1) is 0 Å². The number of rotatable bonds is 4. The zero-order valence-corrected chi connectivity index (χ0v) is 12.2. The normalized spacial score (nSPS) is 20.6. The first kappa shape index (κ1) is 14.9. The molecule has 20 heavy (non-hydrogen) atoms. The molecule has 0 aliphatic carbocycles. The minimum atomic E-state index is -0.487. The number of carbonyl (C=O) groups is 1. The average molecular weight is 277 g/mol. The van der Waals surface area contributed by atoms with Crippen LogP contribution in [-0.4, -0.2) is 41.2 Å². The van der Waals surface area contributed by atoms with E-state index in [1.54, 1.807) is 11.8 Å². The molecule has 1 N–H and O–H groups in total. The average Bonchev–Trinajstić information content (AvgIpc) is 2.46. The van der Waals surface area contributed by atoms with E-state index >= 15 is 0 Å². The molecule has 1 heterocycles. The van der Waals surface area contributed by atoms with Crippen LogP contribution < -0.4 is 4.74 Å². The number of benzene rings is 1. The second-order valence-corrected chi connectivity index (χ2v) is 5.49. The van der Waals surface area contributed by atoms with Gasteiger partial charge in [0.15, 0.2) is 6.61 Å². The Morgan fingerprint density at radius 1 is 1.40 bits per heavy atom. The van der Waals surface area contributed by atoms with Crippen LogP contribution in [-0.2, 0) is 4.79 Å². The molecule has 1 amide bonds. The van der Waals surface area contributed by atoms with Crippen molar-refractivity contribution in [1.29, 1.82) is 0 Å². The number of nitrogens with zero attached hydrogens (tertiary/aromatic N) is 1. The quantitative estimate of drug-likeness (QED) is 0.917. The van der Waals surface area contributed by atoms with Crippen LogP contribution in [0.25, 0.3) is 0 Å². The van der Waals surface area contributed by atoms with E-state index in [1.165, 1.54) is 0 Å². The number of amides is 1. The van der Waals surface area contributed by atoms with Crippen LogP contribution in [0.5, 0.6) is 5.75 Å². The molecule has 2 atom stereocenters. The van der Waals surface area contributed by atoms with Gasteiger partial charge in [-0.3, -0.25) is 4.79 Å². The lowest BCUT2D eigenvalue weighted by atomic mass is 9.98. The maximum absolute atomic E-state index is 12.2. The minimum absolute atomic E-state index is 0.0340. The molecule has 0 saturated carbocycles. The Morgan fingerprint density at radius 2 is 2.10 bits per heavy atom. The van der Waals surface area contributed by atoms with Crippen molar-refractivity contribution in [3.63, 3.8) is 0 Å². The van der Waals surface area contributed by atoms with E-state index in [0.717, 1.165) is 24.8 Å². The second-order valence-electron chi connectivity index (χ2n) is 5.49. The Bertz CT molecular complexity index is 442. The summed E-state index contributed by atoms with van der Waals surface area (Å²) in [7, 11) is 0. The number of ether oxygens (including phenoxy) is 1. The summed E-state index contributed by atoms with van der Waals surface area (Å²) in [5, 5.41) is 9.78. The molecule has 0 aromatic heterocycles. The number of aliphatic hydroxyl groups is 1. The van der Waals surface area contributed by atoms with E-state index in [4.69, 9.17) is 4.74 Å². The molecule has 1 aliphatic rings. The van der Waals surface area contributed by atoms with Crippen LogP contribution in [0.3, 0.4) is 0 Å². The van der Waals surface area contributed by atoms with Crippen LogP contribution in [0.15, 0.2) is 24.3 Å². The van der Waals surface area contributed by atoms with Crippen molar-refractivity contribution in [3.8, 4) is 5.75 Å². The predicted octanol–water partition coefficient (Wildman–Crippen LogP) is 2.14. The summed E-state index contributed by atoms with van der Waals surface area (Å²) in [5.74, 6) is 0.658. The molecule has 1 aliphatic heterocycles. The van der Waals surface area contributed by atoms with E-state index in [1.807, 2.05) is 31.2 Å². The highest BCUT2D eigenvalue weighted by atomic mass is 16.5. The SMILES string of the molecule is Cc1ccc(OCC(=O)N2CCCC[C@H]2[C@@H](C)O)cc1. The zero-order chi connectivity index (χ0) is 14.5. The lowest BCUT2D eigenvalue weighted by molar-refractivity contribution is -0.139. The molecule has 4 heteroatoms. The Morgan fingerprint density at radius 3 is 2.75 bits per heavy atom. The molecule has 0 radical (unpaired) electrons. The number of aryl methyl sites for hydroxylation is 1. The summed E-state index contributed by atoms with van der Waals surface area (Å²) in [6, 6.07) is 7.58. The first-order valence-corrected chi connectivity index (χ1v) is 7.25. The smallest absolute Gasteiger partial charge is 0.260 e. The maximum atomic E-state index is 12.2. The lowest BCUT2D eigenvalue weighted by Gasteiger charge is -2.37. The van der Waals surface area contributed by atoms with Gasteiger partial charge in [0.25, 0.3) is 5.91 Å². The third-order valence-corrected chi connectivity index (χ3v) is 3.81. The van der Waals surface area contributed by atoms with Crippen molar-refractivity contribution in [2.45, 2.75) is 45.3 Å². The molecule has 0 unspecified atom stereocenters. The van der Waals surface area contributed by atoms with Crippen molar-refractivity contribution in [2.24, 2.45) is 0 Å². The molecule has 4 nitrogen and oxygen atoms in total. The first-order chi connectivity index (χ1) is 9.58. The molecule has 1 aromatic rings. The Labute approximate surface area is 120 Å². The predicted molar refractivity (Wildman–Crippen MR) is 77.7 cm³/mol. The summed E-state index contributed by atoms with van der Waals surface area (Å²) in [6.45, 7) is 4.50. The van der Waals surface area contributed by atoms with Gasteiger partial charge >= 0.3 is 0 Å². The second kappa shape index (κ2) is 6.75. The highest BCUT2D eigenvalue weighted by Crippen LogP contribution is 2.20. The van der Waals surface area contributed by atoms with E-state index in [2.05, 4.69) is 0 Å². The fraction of sp³-hybridized carbons (Fsp3) is 0.562. The van der Waals surface area contributed by atoms with Crippen LogP contribution >= 0.6 is 0 Å². The molecule has 2 rings (SSSR count). The fourth-order valence-electron chi connectivity index (χ4n) is 2.63. The Hall–Kier alpha value is -1.55. The summed E-state index contributed by atoms with van der Waals surface area (Å²) < 4.78 is 5.53. The number of carbonyl (C=O) groups excluding carboxylic acids is 1. The van der Waals surface area contributed by atoms with Crippen molar-refractivity contribution in [1.82, 2.24) is 4.90 Å². The fourth-order valence-corrected chi connectivity index (χ4v) is 2.63. The van der Waals surface area contributed by atoms with Crippen LogP contribution in [0.2, 0.25) is 0 Å². The molecule has 1 aromatic carbocycles. The molecule has 110 valence electrons. The Kier molecular flexibility index (Phi) is 5.01. The topological polar surface area (TPSA) is 49.8 Å². The maximum Gasteiger partial charge on any atom is 0.260 e. The van der Waals surface area contributed by atoms with Gasteiger partial charge in [0.1, 0.15) is 5.75 Å². The number of hydrogen-bond acceptors (Lipinski definition) is 3. The van der Waals surface area contributed by atoms with Gasteiger partial charge in [0.2, 0.25) is 0 Å². The Balaban J connectivity index is 1.91. The van der Waals surface area contributed by atoms with Gasteiger partial charge in [-0.1, -0.05) is 17.7 Å². The lowest BCUT2D eigenvalue weighted by Crippen LogP contribution is -2.50. The van der Waals surface area contributed by atoms with Gasteiger partial charge < -0.3 is 14.7 Å². The molecular weight excluding hydrogens is 254 g/mol. The first-order valence-electron chi connectivity index (χ1n) is 7.25. The standard InChI is InChI=1S/C16H23NO3/c1-12-6-8-14(9-7-12)20-11-16(19)17-10-4-3-5-15(17)13(2)18/h6-9,13,15,18H,3-5,10-11H2,1-2H3/t13-,15+/m1/s1. The number of aliphatic hydroxyl groups excluding tert-OH is 1. The van der Waals surface area contributed by atoms with Crippen molar-refractivity contribution in [3.05, 3.63) is 29.8 Å².